The van der Waals surface area contributed by atoms with Crippen LogP contribution >= 0.6 is 11.3 Å². The van der Waals surface area contributed by atoms with Crippen LogP contribution in [0.4, 0.5) is 13.2 Å². The Bertz CT molecular complexity index is 970. The predicted molar refractivity (Wildman–Crippen MR) is 96.6 cm³/mol. The molecule has 0 spiro atoms. The van der Waals surface area contributed by atoms with Crippen LogP contribution in [0.3, 0.4) is 0 Å². The van der Waals surface area contributed by atoms with Gasteiger partial charge >= 0.3 is 6.18 Å². The summed E-state index contributed by atoms with van der Waals surface area (Å²) in [5.41, 5.74) is -0.792. The van der Waals surface area contributed by atoms with Crippen LogP contribution in [0.15, 0.2) is 41.8 Å². The number of hydrogen-bond acceptors (Lipinski definition) is 5. The van der Waals surface area contributed by atoms with Gasteiger partial charge in [0.05, 0.1) is 23.0 Å². The zero-order chi connectivity index (χ0) is 19.7. The number of alkyl halides is 3. The molecule has 0 aliphatic carbocycles. The van der Waals surface area contributed by atoms with E-state index in [2.05, 4.69) is 15.4 Å². The number of amides is 1. The van der Waals surface area contributed by atoms with Gasteiger partial charge in [0.15, 0.2) is 0 Å². The van der Waals surface area contributed by atoms with Crippen LogP contribution in [0.25, 0.3) is 10.7 Å². The molecule has 0 unspecified atom stereocenters. The van der Waals surface area contributed by atoms with E-state index in [4.69, 9.17) is 0 Å². The van der Waals surface area contributed by atoms with Crippen molar-refractivity contribution in [3.8, 4) is 10.7 Å². The normalized spacial score (nSPS) is 17.2. The Morgan fingerprint density at radius 3 is 2.86 bits per heavy atom. The number of benzene rings is 1. The summed E-state index contributed by atoms with van der Waals surface area (Å²) in [6.45, 7) is 0.843. The third-order valence-corrected chi connectivity index (χ3v) is 5.51. The molecule has 1 fully saturated rings. The molecular weight excluding hydrogens is 391 g/mol. The Hall–Kier alpha value is -2.75. The van der Waals surface area contributed by atoms with Gasteiger partial charge in [0, 0.05) is 12.1 Å². The van der Waals surface area contributed by atoms with E-state index in [9.17, 15) is 18.0 Å². The third kappa shape index (κ3) is 3.77. The molecule has 3 heterocycles. The van der Waals surface area contributed by atoms with E-state index < -0.39 is 17.6 Å². The molecule has 3 aromatic rings. The zero-order valence-electron chi connectivity index (χ0n) is 14.6. The standard InChI is InChI=1S/C18H16F3N5OS/c19-18(20,21)13-5-1-4-12(10-13)17(27)25-8-2-6-14(25)11-26-23-16(22-24-26)15-7-3-9-28-15/h1,3-5,7,9-10,14H,2,6,8,11H2/t14-/m0/s1. The van der Waals surface area contributed by atoms with Crippen molar-refractivity contribution in [3.63, 3.8) is 0 Å². The average molecular weight is 407 g/mol. The molecule has 2 aromatic heterocycles. The Labute approximate surface area is 162 Å². The number of carbonyl (C=O) groups is 1. The van der Waals surface area contributed by atoms with Crippen LogP contribution in [0, 0.1) is 0 Å². The van der Waals surface area contributed by atoms with Crippen molar-refractivity contribution in [1.29, 1.82) is 0 Å². The van der Waals surface area contributed by atoms with Gasteiger partial charge in [0.1, 0.15) is 0 Å². The number of likely N-dealkylation sites (tertiary alicyclic amines) is 1. The van der Waals surface area contributed by atoms with Crippen LogP contribution in [0.1, 0.15) is 28.8 Å². The fourth-order valence-corrected chi connectivity index (χ4v) is 3.95. The molecular formula is C18H16F3N5OS. The first-order chi connectivity index (χ1) is 13.4. The maximum absolute atomic E-state index is 12.9. The van der Waals surface area contributed by atoms with Crippen molar-refractivity contribution in [2.24, 2.45) is 0 Å². The lowest BCUT2D eigenvalue weighted by atomic mass is 10.1. The van der Waals surface area contributed by atoms with Gasteiger partial charge in [0.25, 0.3) is 5.91 Å². The number of nitrogens with zero attached hydrogens (tertiary/aromatic N) is 5. The minimum atomic E-state index is -4.48. The summed E-state index contributed by atoms with van der Waals surface area (Å²) in [5, 5.41) is 14.3. The first-order valence-electron chi connectivity index (χ1n) is 8.72. The first-order valence-corrected chi connectivity index (χ1v) is 9.60. The van der Waals surface area contributed by atoms with E-state index in [-0.39, 0.29) is 11.6 Å². The number of carbonyl (C=O) groups excluding carboxylic acids is 1. The molecule has 1 aliphatic rings. The number of hydrogen-bond donors (Lipinski definition) is 0. The molecule has 1 aliphatic heterocycles. The molecule has 6 nitrogen and oxygen atoms in total. The molecule has 1 amide bonds. The van der Waals surface area contributed by atoms with Crippen molar-refractivity contribution >= 4 is 17.2 Å². The van der Waals surface area contributed by atoms with Gasteiger partial charge in [-0.05, 0) is 47.7 Å². The lowest BCUT2D eigenvalue weighted by molar-refractivity contribution is -0.137. The van der Waals surface area contributed by atoms with Gasteiger partial charge in [-0.2, -0.15) is 18.0 Å². The van der Waals surface area contributed by atoms with E-state index in [0.717, 1.165) is 29.9 Å². The Morgan fingerprint density at radius 1 is 1.25 bits per heavy atom. The first kappa shape index (κ1) is 18.6. The summed E-state index contributed by atoms with van der Waals surface area (Å²) in [7, 11) is 0. The van der Waals surface area contributed by atoms with Gasteiger partial charge in [-0.3, -0.25) is 4.79 Å². The summed E-state index contributed by atoms with van der Waals surface area (Å²) in [6, 6.07) is 8.14. The molecule has 0 N–H and O–H groups in total. The summed E-state index contributed by atoms with van der Waals surface area (Å²) in [6.07, 6.45) is -2.97. The SMILES string of the molecule is O=C(c1cccc(C(F)(F)F)c1)N1CCC[C@H]1Cn1nnc(-c2cccs2)n1. The second-order valence-electron chi connectivity index (χ2n) is 6.52. The topological polar surface area (TPSA) is 63.9 Å². The minimum Gasteiger partial charge on any atom is -0.334 e. The van der Waals surface area contributed by atoms with Crippen molar-refractivity contribution in [3.05, 3.63) is 52.9 Å². The highest BCUT2D eigenvalue weighted by Gasteiger charge is 2.34. The molecule has 0 bridgehead atoms. The van der Waals surface area contributed by atoms with Crippen molar-refractivity contribution in [2.75, 3.05) is 6.54 Å². The van der Waals surface area contributed by atoms with Crippen molar-refractivity contribution in [2.45, 2.75) is 31.6 Å². The molecule has 1 saturated heterocycles. The van der Waals surface area contributed by atoms with Crippen LogP contribution in [0.2, 0.25) is 0 Å². The smallest absolute Gasteiger partial charge is 0.334 e. The maximum Gasteiger partial charge on any atom is 0.416 e. The zero-order valence-corrected chi connectivity index (χ0v) is 15.5. The molecule has 0 radical (unpaired) electrons. The van der Waals surface area contributed by atoms with Crippen molar-refractivity contribution < 1.29 is 18.0 Å². The number of aromatic nitrogens is 4. The molecule has 10 heteroatoms. The van der Waals surface area contributed by atoms with E-state index in [1.165, 1.54) is 28.3 Å². The van der Waals surface area contributed by atoms with Crippen LogP contribution in [-0.4, -0.2) is 43.6 Å². The fraction of sp³-hybridized carbons (Fsp3) is 0.333. The van der Waals surface area contributed by atoms with E-state index >= 15 is 0 Å². The average Bonchev–Trinajstić information content (AvgIpc) is 3.42. The molecule has 146 valence electrons. The second kappa shape index (κ2) is 7.34. The van der Waals surface area contributed by atoms with Gasteiger partial charge < -0.3 is 4.90 Å². The number of thiophene rings is 1. The number of tetrazole rings is 1. The highest BCUT2D eigenvalue weighted by molar-refractivity contribution is 7.13. The van der Waals surface area contributed by atoms with Gasteiger partial charge in [-0.25, -0.2) is 0 Å². The predicted octanol–water partition coefficient (Wildman–Crippen LogP) is 3.73. The minimum absolute atomic E-state index is 0.0348. The lowest BCUT2D eigenvalue weighted by Gasteiger charge is -2.24. The van der Waals surface area contributed by atoms with Crippen LogP contribution < -0.4 is 0 Å². The summed E-state index contributed by atoms with van der Waals surface area (Å²) >= 11 is 1.50. The highest BCUT2D eigenvalue weighted by atomic mass is 32.1. The highest BCUT2D eigenvalue weighted by Crippen LogP contribution is 2.30. The fourth-order valence-electron chi connectivity index (χ4n) is 3.30. The Kier molecular flexibility index (Phi) is 4.88. The van der Waals surface area contributed by atoms with E-state index in [0.29, 0.717) is 18.9 Å². The molecule has 1 atom stereocenters. The van der Waals surface area contributed by atoms with Crippen LogP contribution in [-0.2, 0) is 12.7 Å². The second-order valence-corrected chi connectivity index (χ2v) is 7.47. The van der Waals surface area contributed by atoms with Gasteiger partial charge in [-0.1, -0.05) is 12.1 Å². The molecule has 28 heavy (non-hydrogen) atoms. The summed E-state index contributed by atoms with van der Waals surface area (Å²) in [5.74, 6) is 0.107. The van der Waals surface area contributed by atoms with Crippen molar-refractivity contribution in [1.82, 2.24) is 25.1 Å². The van der Waals surface area contributed by atoms with E-state index in [1.54, 1.807) is 4.90 Å². The maximum atomic E-state index is 12.9. The third-order valence-electron chi connectivity index (χ3n) is 4.64. The number of halogens is 3. The molecule has 0 saturated carbocycles. The Morgan fingerprint density at radius 2 is 2.11 bits per heavy atom. The molecule has 4 rings (SSSR count). The Balaban J connectivity index is 1.50. The summed E-state index contributed by atoms with van der Waals surface area (Å²) < 4.78 is 38.8. The van der Waals surface area contributed by atoms with Gasteiger partial charge in [0.2, 0.25) is 5.82 Å². The van der Waals surface area contributed by atoms with E-state index in [1.807, 2.05) is 17.5 Å². The quantitative estimate of drug-likeness (QED) is 0.661. The number of rotatable bonds is 4. The largest absolute Gasteiger partial charge is 0.416 e. The monoisotopic (exact) mass is 407 g/mol. The van der Waals surface area contributed by atoms with Crippen LogP contribution in [0.5, 0.6) is 0 Å². The van der Waals surface area contributed by atoms with Gasteiger partial charge in [-0.15, -0.1) is 21.5 Å². The molecule has 1 aromatic carbocycles. The summed E-state index contributed by atoms with van der Waals surface area (Å²) in [4.78, 5) is 16.8. The lowest BCUT2D eigenvalue weighted by Crippen LogP contribution is -2.38.